The highest BCUT2D eigenvalue weighted by Crippen LogP contribution is 1.91. The third-order valence-corrected chi connectivity index (χ3v) is 1.99. The summed E-state index contributed by atoms with van der Waals surface area (Å²) >= 11 is 0. The molecule has 0 spiro atoms. The van der Waals surface area contributed by atoms with Gasteiger partial charge in [-0.05, 0) is 6.42 Å². The first-order valence-electron chi connectivity index (χ1n) is 4.70. The lowest BCUT2D eigenvalue weighted by Gasteiger charge is -2.09. The molecule has 84 valence electrons. The fourth-order valence-electron chi connectivity index (χ4n) is 1.32. The molecule has 0 atom stereocenters. The molecule has 0 aromatic carbocycles. The molecule has 0 aliphatic rings. The van der Waals surface area contributed by atoms with Crippen molar-refractivity contribution in [3.05, 3.63) is 27.0 Å². The summed E-state index contributed by atoms with van der Waals surface area (Å²) in [5.41, 5.74) is 4.66. The number of hydrogen-bond acceptors (Lipinski definition) is 4. The molecule has 0 aliphatic carbocycles. The molecule has 0 unspecified atom stereocenters. The van der Waals surface area contributed by atoms with Crippen LogP contribution >= 0.6 is 0 Å². The number of aryl methyl sites for hydroxylation is 1. The van der Waals surface area contributed by atoms with Crippen molar-refractivity contribution in [3.63, 3.8) is 0 Å². The SMILES string of the molecule is CCCn1cc(N)c(=O)n(COC)c1=O. The largest absolute Gasteiger partial charge is 0.393 e. The Bertz CT molecular complexity index is 447. The van der Waals surface area contributed by atoms with Crippen LogP contribution in [0.5, 0.6) is 0 Å². The molecule has 0 bridgehead atoms. The van der Waals surface area contributed by atoms with Gasteiger partial charge in [0, 0.05) is 19.9 Å². The number of anilines is 1. The standard InChI is InChI=1S/C9H15N3O3/c1-3-4-11-5-7(10)8(13)12(6-15-2)9(11)14/h5H,3-4,6,10H2,1-2H3. The molecule has 0 saturated carbocycles. The molecule has 1 aromatic rings. The highest BCUT2D eigenvalue weighted by molar-refractivity contribution is 5.30. The minimum Gasteiger partial charge on any atom is -0.393 e. The lowest BCUT2D eigenvalue weighted by Crippen LogP contribution is -2.41. The van der Waals surface area contributed by atoms with Crippen LogP contribution in [0, 0.1) is 0 Å². The van der Waals surface area contributed by atoms with Crippen LogP contribution in [0.4, 0.5) is 5.69 Å². The van der Waals surface area contributed by atoms with Crippen molar-refractivity contribution in [3.8, 4) is 0 Å². The molecule has 1 aromatic heterocycles. The van der Waals surface area contributed by atoms with Crippen LogP contribution in [0.2, 0.25) is 0 Å². The summed E-state index contributed by atoms with van der Waals surface area (Å²) in [6.07, 6.45) is 2.17. The second-order valence-corrected chi connectivity index (χ2v) is 3.21. The normalized spacial score (nSPS) is 10.5. The molecule has 1 rings (SSSR count). The van der Waals surface area contributed by atoms with Crippen LogP contribution in [-0.4, -0.2) is 16.2 Å². The van der Waals surface area contributed by atoms with Gasteiger partial charge in [0.1, 0.15) is 12.4 Å². The van der Waals surface area contributed by atoms with Gasteiger partial charge in [0.2, 0.25) is 0 Å². The Hall–Kier alpha value is -1.56. The van der Waals surface area contributed by atoms with Crippen molar-refractivity contribution >= 4 is 5.69 Å². The molecule has 0 radical (unpaired) electrons. The van der Waals surface area contributed by atoms with E-state index in [0.29, 0.717) is 6.54 Å². The van der Waals surface area contributed by atoms with Crippen LogP contribution in [0.1, 0.15) is 13.3 Å². The summed E-state index contributed by atoms with van der Waals surface area (Å²) in [5.74, 6) is 0. The second-order valence-electron chi connectivity index (χ2n) is 3.21. The maximum atomic E-state index is 11.7. The molecular formula is C9H15N3O3. The van der Waals surface area contributed by atoms with E-state index in [1.807, 2.05) is 6.92 Å². The first kappa shape index (κ1) is 11.5. The van der Waals surface area contributed by atoms with Crippen LogP contribution in [0.25, 0.3) is 0 Å². The van der Waals surface area contributed by atoms with Gasteiger partial charge < -0.3 is 10.5 Å². The Morgan fingerprint density at radius 1 is 1.47 bits per heavy atom. The van der Waals surface area contributed by atoms with Gasteiger partial charge in [0.25, 0.3) is 5.56 Å². The smallest absolute Gasteiger partial charge is 0.333 e. The third-order valence-electron chi connectivity index (χ3n) is 1.99. The van der Waals surface area contributed by atoms with Gasteiger partial charge in [-0.3, -0.25) is 9.36 Å². The number of methoxy groups -OCH3 is 1. The number of rotatable bonds is 4. The van der Waals surface area contributed by atoms with Gasteiger partial charge in [-0.15, -0.1) is 0 Å². The molecule has 0 amide bonds. The Labute approximate surface area is 86.9 Å². The van der Waals surface area contributed by atoms with Crippen LogP contribution in [-0.2, 0) is 18.0 Å². The maximum absolute atomic E-state index is 11.7. The first-order valence-corrected chi connectivity index (χ1v) is 4.70. The molecule has 0 saturated heterocycles. The van der Waals surface area contributed by atoms with E-state index in [9.17, 15) is 9.59 Å². The van der Waals surface area contributed by atoms with Crippen LogP contribution in [0.3, 0.4) is 0 Å². The van der Waals surface area contributed by atoms with Gasteiger partial charge in [0.05, 0.1) is 0 Å². The third kappa shape index (κ3) is 2.27. The van der Waals surface area contributed by atoms with Crippen molar-refractivity contribution in [2.45, 2.75) is 26.6 Å². The van der Waals surface area contributed by atoms with Gasteiger partial charge >= 0.3 is 5.69 Å². The van der Waals surface area contributed by atoms with Gasteiger partial charge in [-0.1, -0.05) is 6.92 Å². The average Bonchev–Trinajstić information content (AvgIpc) is 2.21. The fourth-order valence-corrected chi connectivity index (χ4v) is 1.32. The van der Waals surface area contributed by atoms with E-state index in [0.717, 1.165) is 11.0 Å². The highest BCUT2D eigenvalue weighted by atomic mass is 16.5. The molecule has 0 fully saturated rings. The van der Waals surface area contributed by atoms with E-state index in [-0.39, 0.29) is 12.4 Å². The predicted molar refractivity (Wildman–Crippen MR) is 56.7 cm³/mol. The van der Waals surface area contributed by atoms with E-state index < -0.39 is 11.2 Å². The molecule has 1 heterocycles. The van der Waals surface area contributed by atoms with Crippen molar-refractivity contribution in [2.24, 2.45) is 0 Å². The number of nitrogens with zero attached hydrogens (tertiary/aromatic N) is 2. The van der Waals surface area contributed by atoms with Crippen LogP contribution in [0.15, 0.2) is 15.8 Å². The quantitative estimate of drug-likeness (QED) is 0.738. The van der Waals surface area contributed by atoms with Gasteiger partial charge in [-0.2, -0.15) is 0 Å². The number of aromatic nitrogens is 2. The molecule has 2 N–H and O–H groups in total. The Morgan fingerprint density at radius 3 is 2.67 bits per heavy atom. The number of nitrogens with two attached hydrogens (primary N) is 1. The summed E-state index contributed by atoms with van der Waals surface area (Å²) in [4.78, 5) is 23.2. The minimum absolute atomic E-state index is 0.0556. The first-order chi connectivity index (χ1) is 7.11. The lowest BCUT2D eigenvalue weighted by molar-refractivity contribution is 0.123. The fraction of sp³-hybridized carbons (Fsp3) is 0.556. The molecule has 6 nitrogen and oxygen atoms in total. The summed E-state index contributed by atoms with van der Waals surface area (Å²) in [6, 6.07) is 0. The summed E-state index contributed by atoms with van der Waals surface area (Å²) < 4.78 is 7.16. The second kappa shape index (κ2) is 4.79. The number of nitrogen functional groups attached to an aromatic ring is 1. The van der Waals surface area contributed by atoms with Crippen molar-refractivity contribution in [2.75, 3.05) is 12.8 Å². The Morgan fingerprint density at radius 2 is 2.13 bits per heavy atom. The number of ether oxygens (including phenoxy) is 1. The van der Waals surface area contributed by atoms with E-state index in [1.165, 1.54) is 17.9 Å². The molecule has 0 aliphatic heterocycles. The van der Waals surface area contributed by atoms with Crippen molar-refractivity contribution in [1.29, 1.82) is 0 Å². The lowest BCUT2D eigenvalue weighted by atomic mass is 10.4. The van der Waals surface area contributed by atoms with Gasteiger partial charge in [-0.25, -0.2) is 9.36 Å². The predicted octanol–water partition coefficient (Wildman–Crippen LogP) is -0.394. The Kier molecular flexibility index (Phi) is 3.68. The number of hydrogen-bond donors (Lipinski definition) is 1. The zero-order valence-corrected chi connectivity index (χ0v) is 8.90. The zero-order chi connectivity index (χ0) is 11.4. The monoisotopic (exact) mass is 213 g/mol. The van der Waals surface area contributed by atoms with E-state index in [1.54, 1.807) is 0 Å². The molecular weight excluding hydrogens is 198 g/mol. The van der Waals surface area contributed by atoms with Crippen molar-refractivity contribution in [1.82, 2.24) is 9.13 Å². The van der Waals surface area contributed by atoms with E-state index >= 15 is 0 Å². The van der Waals surface area contributed by atoms with E-state index in [2.05, 4.69) is 0 Å². The van der Waals surface area contributed by atoms with E-state index in [4.69, 9.17) is 10.5 Å². The Balaban J connectivity index is 3.35. The molecule has 6 heteroatoms. The topological polar surface area (TPSA) is 79.2 Å². The molecule has 15 heavy (non-hydrogen) atoms. The summed E-state index contributed by atoms with van der Waals surface area (Å²) in [7, 11) is 1.42. The van der Waals surface area contributed by atoms with Gasteiger partial charge in [0.15, 0.2) is 0 Å². The highest BCUT2D eigenvalue weighted by Gasteiger charge is 2.07. The van der Waals surface area contributed by atoms with Crippen molar-refractivity contribution < 1.29 is 4.74 Å². The summed E-state index contributed by atoms with van der Waals surface area (Å²) in [6.45, 7) is 2.40. The zero-order valence-electron chi connectivity index (χ0n) is 8.90. The summed E-state index contributed by atoms with van der Waals surface area (Å²) in [5, 5.41) is 0. The maximum Gasteiger partial charge on any atom is 0.333 e. The van der Waals surface area contributed by atoms with Crippen LogP contribution < -0.4 is 17.0 Å². The average molecular weight is 213 g/mol. The minimum atomic E-state index is -0.505.